The van der Waals surface area contributed by atoms with Crippen molar-refractivity contribution in [3.63, 3.8) is 0 Å². The minimum Gasteiger partial charge on any atom is -0.304 e. The minimum absolute atomic E-state index is 0.479. The van der Waals surface area contributed by atoms with E-state index in [1.165, 1.54) is 30.4 Å². The van der Waals surface area contributed by atoms with Crippen molar-refractivity contribution in [3.05, 3.63) is 65.0 Å². The molecule has 0 bridgehead atoms. The molecule has 3 rings (SSSR count). The lowest BCUT2D eigenvalue weighted by Gasteiger charge is -2.26. The largest absolute Gasteiger partial charge is 0.304 e. The van der Waals surface area contributed by atoms with Gasteiger partial charge in [-0.2, -0.15) is 0 Å². The molecule has 0 spiro atoms. The van der Waals surface area contributed by atoms with Crippen molar-refractivity contribution in [1.82, 2.24) is 10.3 Å². The number of hydrogen-bond donors (Lipinski definition) is 1. The van der Waals surface area contributed by atoms with Crippen LogP contribution in [0.1, 0.15) is 41.4 Å². The first kappa shape index (κ1) is 12.4. The lowest BCUT2D eigenvalue weighted by molar-refractivity contribution is 0.456. The standard InChI is InChI=1S/C17H20N2/c1-13-6-4-9-15(19-13)12-18-17-11-5-8-14-7-2-3-10-16(14)17/h2-4,6-7,9-10,17-18H,5,8,11-12H2,1H3. The summed E-state index contributed by atoms with van der Waals surface area (Å²) in [5.41, 5.74) is 5.19. The van der Waals surface area contributed by atoms with E-state index in [2.05, 4.69) is 46.7 Å². The quantitative estimate of drug-likeness (QED) is 0.903. The smallest absolute Gasteiger partial charge is 0.0545 e. The van der Waals surface area contributed by atoms with Crippen LogP contribution in [0.5, 0.6) is 0 Å². The molecule has 0 aliphatic heterocycles. The molecule has 1 heterocycles. The van der Waals surface area contributed by atoms with Crippen LogP contribution in [0.2, 0.25) is 0 Å². The molecule has 1 aromatic carbocycles. The highest BCUT2D eigenvalue weighted by Gasteiger charge is 2.18. The zero-order valence-corrected chi connectivity index (χ0v) is 11.4. The maximum Gasteiger partial charge on any atom is 0.0545 e. The van der Waals surface area contributed by atoms with Crippen molar-refractivity contribution < 1.29 is 0 Å². The van der Waals surface area contributed by atoms with Crippen molar-refractivity contribution in [2.45, 2.75) is 38.8 Å². The molecule has 2 heteroatoms. The number of aryl methyl sites for hydroxylation is 2. The Balaban J connectivity index is 1.71. The second-order valence-corrected chi connectivity index (χ2v) is 5.29. The van der Waals surface area contributed by atoms with E-state index in [0.29, 0.717) is 6.04 Å². The van der Waals surface area contributed by atoms with Crippen LogP contribution >= 0.6 is 0 Å². The van der Waals surface area contributed by atoms with Gasteiger partial charge >= 0.3 is 0 Å². The first-order chi connectivity index (χ1) is 9.33. The molecule has 0 amide bonds. The summed E-state index contributed by atoms with van der Waals surface area (Å²) in [7, 11) is 0. The first-order valence-corrected chi connectivity index (χ1v) is 7.06. The summed E-state index contributed by atoms with van der Waals surface area (Å²) >= 11 is 0. The summed E-state index contributed by atoms with van der Waals surface area (Å²) in [5.74, 6) is 0. The van der Waals surface area contributed by atoms with Gasteiger partial charge in [-0.3, -0.25) is 4.98 Å². The van der Waals surface area contributed by atoms with E-state index in [9.17, 15) is 0 Å². The second kappa shape index (κ2) is 5.54. The Kier molecular flexibility index (Phi) is 3.60. The maximum absolute atomic E-state index is 4.55. The molecule has 0 radical (unpaired) electrons. The molecule has 1 unspecified atom stereocenters. The zero-order valence-electron chi connectivity index (χ0n) is 11.4. The number of rotatable bonds is 3. The van der Waals surface area contributed by atoms with E-state index in [4.69, 9.17) is 0 Å². The van der Waals surface area contributed by atoms with Gasteiger partial charge in [0.05, 0.1) is 5.69 Å². The molecule has 0 saturated heterocycles. The molecular weight excluding hydrogens is 232 g/mol. The monoisotopic (exact) mass is 252 g/mol. The van der Waals surface area contributed by atoms with Crippen molar-refractivity contribution >= 4 is 0 Å². The van der Waals surface area contributed by atoms with Gasteiger partial charge in [-0.15, -0.1) is 0 Å². The average Bonchev–Trinajstić information content (AvgIpc) is 2.45. The molecule has 98 valence electrons. The van der Waals surface area contributed by atoms with Crippen molar-refractivity contribution in [2.75, 3.05) is 0 Å². The van der Waals surface area contributed by atoms with Crippen LogP contribution in [0.25, 0.3) is 0 Å². The first-order valence-electron chi connectivity index (χ1n) is 7.06. The third-order valence-electron chi connectivity index (χ3n) is 3.85. The van der Waals surface area contributed by atoms with Crippen LogP contribution in [0.3, 0.4) is 0 Å². The van der Waals surface area contributed by atoms with E-state index in [1.807, 2.05) is 13.0 Å². The molecule has 2 nitrogen and oxygen atoms in total. The Bertz CT molecular complexity index is 563. The van der Waals surface area contributed by atoms with Crippen LogP contribution in [-0.2, 0) is 13.0 Å². The molecule has 1 aliphatic carbocycles. The van der Waals surface area contributed by atoms with Gasteiger partial charge in [-0.05, 0) is 49.4 Å². The SMILES string of the molecule is Cc1cccc(CNC2CCCc3ccccc32)n1. The molecule has 1 aliphatic rings. The molecule has 1 aromatic heterocycles. The van der Waals surface area contributed by atoms with Crippen LogP contribution in [0, 0.1) is 6.92 Å². The number of benzene rings is 1. The number of hydrogen-bond acceptors (Lipinski definition) is 2. The van der Waals surface area contributed by atoms with E-state index < -0.39 is 0 Å². The Hall–Kier alpha value is -1.67. The molecule has 1 N–H and O–H groups in total. The maximum atomic E-state index is 4.55. The Morgan fingerprint density at radius 1 is 1.16 bits per heavy atom. The average molecular weight is 252 g/mol. The van der Waals surface area contributed by atoms with Crippen molar-refractivity contribution in [1.29, 1.82) is 0 Å². The highest BCUT2D eigenvalue weighted by Crippen LogP contribution is 2.29. The van der Waals surface area contributed by atoms with Crippen LogP contribution in [0.4, 0.5) is 0 Å². The predicted molar refractivity (Wildman–Crippen MR) is 77.9 cm³/mol. The van der Waals surface area contributed by atoms with E-state index >= 15 is 0 Å². The normalized spacial score (nSPS) is 18.1. The summed E-state index contributed by atoms with van der Waals surface area (Å²) < 4.78 is 0. The lowest BCUT2D eigenvalue weighted by atomic mass is 9.88. The fourth-order valence-corrected chi connectivity index (χ4v) is 2.89. The van der Waals surface area contributed by atoms with Crippen LogP contribution < -0.4 is 5.32 Å². The van der Waals surface area contributed by atoms with Gasteiger partial charge in [-0.25, -0.2) is 0 Å². The van der Waals surface area contributed by atoms with Crippen LogP contribution in [0.15, 0.2) is 42.5 Å². The van der Waals surface area contributed by atoms with Gasteiger partial charge < -0.3 is 5.32 Å². The molecule has 0 fully saturated rings. The van der Waals surface area contributed by atoms with E-state index in [0.717, 1.165) is 17.9 Å². The van der Waals surface area contributed by atoms with Gasteiger partial charge in [0.15, 0.2) is 0 Å². The van der Waals surface area contributed by atoms with Crippen molar-refractivity contribution in [3.8, 4) is 0 Å². The lowest BCUT2D eigenvalue weighted by Crippen LogP contribution is -2.25. The topological polar surface area (TPSA) is 24.9 Å². The van der Waals surface area contributed by atoms with Crippen molar-refractivity contribution in [2.24, 2.45) is 0 Å². The number of aromatic nitrogens is 1. The fourth-order valence-electron chi connectivity index (χ4n) is 2.89. The number of pyridine rings is 1. The Morgan fingerprint density at radius 3 is 2.95 bits per heavy atom. The van der Waals surface area contributed by atoms with E-state index in [-0.39, 0.29) is 0 Å². The Labute approximate surface area is 114 Å². The second-order valence-electron chi connectivity index (χ2n) is 5.29. The summed E-state index contributed by atoms with van der Waals surface area (Å²) in [6.07, 6.45) is 3.72. The summed E-state index contributed by atoms with van der Waals surface area (Å²) in [5, 5.41) is 3.66. The number of nitrogens with one attached hydrogen (secondary N) is 1. The molecular formula is C17H20N2. The summed E-state index contributed by atoms with van der Waals surface area (Å²) in [6.45, 7) is 2.89. The number of fused-ring (bicyclic) bond motifs is 1. The minimum atomic E-state index is 0.479. The number of nitrogens with zero attached hydrogens (tertiary/aromatic N) is 1. The molecule has 2 aromatic rings. The summed E-state index contributed by atoms with van der Waals surface area (Å²) in [6, 6.07) is 15.5. The third-order valence-corrected chi connectivity index (χ3v) is 3.85. The highest BCUT2D eigenvalue weighted by molar-refractivity contribution is 5.32. The van der Waals surface area contributed by atoms with Gasteiger partial charge in [0.25, 0.3) is 0 Å². The van der Waals surface area contributed by atoms with Crippen LogP contribution in [-0.4, -0.2) is 4.98 Å². The zero-order chi connectivity index (χ0) is 13.1. The molecule has 19 heavy (non-hydrogen) atoms. The highest BCUT2D eigenvalue weighted by atomic mass is 14.9. The Morgan fingerprint density at radius 2 is 2.05 bits per heavy atom. The fraction of sp³-hybridized carbons (Fsp3) is 0.353. The van der Waals surface area contributed by atoms with Gasteiger partial charge in [0.2, 0.25) is 0 Å². The summed E-state index contributed by atoms with van der Waals surface area (Å²) in [4.78, 5) is 4.55. The van der Waals surface area contributed by atoms with Gasteiger partial charge in [-0.1, -0.05) is 30.3 Å². The molecule has 1 atom stereocenters. The van der Waals surface area contributed by atoms with Gasteiger partial charge in [0.1, 0.15) is 0 Å². The predicted octanol–water partition coefficient (Wildman–Crippen LogP) is 3.56. The molecule has 0 saturated carbocycles. The third kappa shape index (κ3) is 2.85. The van der Waals surface area contributed by atoms with E-state index in [1.54, 1.807) is 0 Å². The van der Waals surface area contributed by atoms with Gasteiger partial charge in [0, 0.05) is 18.3 Å².